The Labute approximate surface area is 740 Å². The zero-order valence-electron chi connectivity index (χ0n) is 70.9. The number of carbonyl (C=O) groups is 20. The number of aliphatic hydroxyl groups is 6. The van der Waals surface area contributed by atoms with Crippen molar-refractivity contribution in [2.75, 3.05) is 130 Å². The van der Waals surface area contributed by atoms with E-state index in [9.17, 15) is 132 Å². The normalized spacial score (nSPS) is 30.6. The summed E-state index contributed by atoms with van der Waals surface area (Å²) in [7, 11) is 0. The van der Waals surface area contributed by atoms with Crippen molar-refractivity contribution in [3.05, 3.63) is 0 Å². The first kappa shape index (κ1) is 95.1. The topological polar surface area (TPSA) is 618 Å². The highest BCUT2D eigenvalue weighted by Crippen LogP contribution is 2.34. The highest BCUT2D eigenvalue weighted by molar-refractivity contribution is 7.80. The molecule has 0 aromatic heterocycles. The van der Waals surface area contributed by atoms with Crippen LogP contribution in [0.3, 0.4) is 0 Å². The summed E-state index contributed by atoms with van der Waals surface area (Å²) in [6.45, 7) is -4.30. The molecule has 13 saturated heterocycles. The predicted octanol–water partition coefficient (Wildman–Crippen LogP) is -12.3. The van der Waals surface area contributed by atoms with Gasteiger partial charge in [-0.05, 0) is 96.4 Å². The minimum Gasteiger partial charge on any atom is -0.480 e. The van der Waals surface area contributed by atoms with E-state index in [-0.39, 0.29) is 167 Å². The number of carbonyl (C=O) groups excluding carboxylic acids is 19. The van der Waals surface area contributed by atoms with Gasteiger partial charge in [0.2, 0.25) is 112 Å². The molecule has 19 amide bonds. The molecular formula is C80H116N20O27S. The molecule has 0 aromatic rings. The quantitative estimate of drug-likeness (QED) is 0.0324. The highest BCUT2D eigenvalue weighted by atomic mass is 32.1. The van der Waals surface area contributed by atoms with Crippen molar-refractivity contribution in [1.29, 1.82) is 0 Å². The van der Waals surface area contributed by atoms with Gasteiger partial charge in [0.15, 0.2) is 0 Å². The number of hydrogen-bond acceptors (Lipinski definition) is 28. The molecule has 0 radical (unpaired) electrons. The maximum atomic E-state index is 14.5. The van der Waals surface area contributed by atoms with Crippen molar-refractivity contribution in [3.8, 4) is 0 Å². The van der Waals surface area contributed by atoms with Crippen molar-refractivity contribution < 1.29 is 132 Å². The smallest absolute Gasteiger partial charge is 0.327 e. The van der Waals surface area contributed by atoms with Gasteiger partial charge < -0.3 is 137 Å². The van der Waals surface area contributed by atoms with Gasteiger partial charge in [-0.3, -0.25) is 91.1 Å². The summed E-state index contributed by atoms with van der Waals surface area (Å²) in [6, 6.07) is -16.1. The minimum atomic E-state index is -1.35. The molecule has 128 heavy (non-hydrogen) atoms. The monoisotopic (exact) mass is 1820 g/mol. The molecule has 47 nitrogen and oxygen atoms in total. The van der Waals surface area contributed by atoms with Crippen LogP contribution >= 0.6 is 12.6 Å². The van der Waals surface area contributed by atoms with E-state index in [1.54, 1.807) is 0 Å². The van der Waals surface area contributed by atoms with Crippen LogP contribution in [0, 0.1) is 0 Å². The Morgan fingerprint density at radius 3 is 0.688 bits per heavy atom. The second kappa shape index (κ2) is 41.5. The third-order valence-electron chi connectivity index (χ3n) is 27.0. The largest absolute Gasteiger partial charge is 0.480 e. The lowest BCUT2D eigenvalue weighted by molar-refractivity contribution is -0.148. The van der Waals surface area contributed by atoms with E-state index >= 15 is 0 Å². The molecule has 13 aliphatic heterocycles. The van der Waals surface area contributed by atoms with Gasteiger partial charge in [0.25, 0.3) is 0 Å². The first-order valence-electron chi connectivity index (χ1n) is 44.3. The van der Waals surface area contributed by atoms with E-state index in [4.69, 9.17) is 0 Å². The van der Waals surface area contributed by atoms with Crippen molar-refractivity contribution >= 4 is 131 Å². The summed E-state index contributed by atoms with van der Waals surface area (Å²) in [5, 5.41) is 94.5. The third-order valence-corrected chi connectivity index (χ3v) is 27.4. The Kier molecular flexibility index (Phi) is 30.8. The molecule has 13 fully saturated rings. The number of thiol groups is 1. The summed E-state index contributed by atoms with van der Waals surface area (Å²) in [4.78, 5) is 290. The first-order chi connectivity index (χ1) is 61.1. The molecule has 0 bridgehead atoms. The second-order valence-electron chi connectivity index (χ2n) is 35.4. The third kappa shape index (κ3) is 21.0. The fourth-order valence-electron chi connectivity index (χ4n) is 20.6. The van der Waals surface area contributed by atoms with Crippen molar-refractivity contribution in [3.63, 3.8) is 0 Å². The number of aliphatic carboxylic acids is 1. The second-order valence-corrected chi connectivity index (χ2v) is 35.7. The number of carboxylic acid groups (broad SMARTS) is 1. The van der Waals surface area contributed by atoms with E-state index in [1.807, 2.05) is 0 Å². The van der Waals surface area contributed by atoms with E-state index < -0.39 is 273 Å². The van der Waals surface area contributed by atoms with Crippen molar-refractivity contribution in [2.45, 2.75) is 250 Å². The molecule has 0 unspecified atom stereocenters. The molecule has 0 saturated carbocycles. The number of nitrogens with one attached hydrogen (secondary N) is 8. The summed E-state index contributed by atoms with van der Waals surface area (Å²) in [5.41, 5.74) is 0. The molecule has 0 spiro atoms. The average molecular weight is 1820 g/mol. The average Bonchev–Trinajstić information content (AvgIpc) is 1.64. The number of β-amino-alcohol motifs (C(OH)–C–C–N with tert-alkyl or cyclic N) is 6. The molecule has 704 valence electrons. The fourth-order valence-corrected chi connectivity index (χ4v) is 20.8. The molecule has 48 heteroatoms. The van der Waals surface area contributed by atoms with E-state index in [2.05, 4.69) is 55.2 Å². The van der Waals surface area contributed by atoms with Gasteiger partial charge in [-0.15, -0.1) is 0 Å². The van der Waals surface area contributed by atoms with Gasteiger partial charge >= 0.3 is 5.97 Å². The SMILES string of the molecule is O=C(O)[C@H](CS)NC(=O)[C@@H]1CCCN1C(=O)CNC(=O)[C@@H]1C[C@@H](O)CN1C(=O)[C@@H]1CCCN1C(=O)CNC(=O)[C@@H]1C[C@@H](O)CN1C(=O)[C@@H]1CCCN1C(=O)CNC(=O)[C@@H]1C[C@@H](O)CN1C(=O)[C@@H]1CCCN1C(=O)CNC(=O)[C@@H]1C[C@@H](O)CN1C(=O)[C@@H]1CCCN1C(=O)CNC(=O)[C@@H]1C[C@@H](O)CN1C(=O)[C@@H]1CCCN1C(=O)CNC(=O)[C@@H]1C[C@@H](O)CN1C(=O)[C@@H]1CCCN1. The molecule has 13 aliphatic rings. The maximum Gasteiger partial charge on any atom is 0.327 e. The standard InChI is InChI=1S/C80H116N20O27S/c101-41-22-55(95(34-41)74(120)47-8-1-15-81-47)67(113)83-29-62(108)90-17-3-10-50(90)76(122)97-36-43(103)24-57(97)69(115)85-31-64(110)92-19-5-12-52(92)78(124)99-38-45(105)26-59(99)71(117)87-33-66(112)94-21-7-14-54(94)79(125)100-39-46(106)27-60(100)72(118)86-32-65(111)93-20-6-13-53(93)77(123)98-37-44(104)25-58(98)70(116)84-30-63(109)91-18-4-11-51(91)75(121)96-35-42(102)23-56(96)68(114)82-28-61(107)89-16-2-9-49(89)73(119)88-48(40-128)80(126)127/h41-60,81,101-106,128H,1-40H2,(H,82,114)(H,83,113)(H,84,116)(H,85,115)(H,86,118)(H,87,117)(H,88,119)(H,126,127)/t41-,42-,43-,44-,45-,46-,47+,48+,49+,50+,51+,52+,53+,54+,55+,56+,57+,58+,59+,60+/m1/s1. The van der Waals surface area contributed by atoms with Crippen LogP contribution in [0.2, 0.25) is 0 Å². The summed E-state index contributed by atoms with van der Waals surface area (Å²) in [5.74, 6) is -14.9. The van der Waals surface area contributed by atoms with Crippen LogP contribution < -0.4 is 42.5 Å². The van der Waals surface area contributed by atoms with Gasteiger partial charge in [0.1, 0.15) is 78.5 Å². The Bertz CT molecular complexity index is 4330. The first-order valence-corrected chi connectivity index (χ1v) is 45.0. The molecule has 20 atom stereocenters. The lowest BCUT2D eigenvalue weighted by Gasteiger charge is -2.32. The lowest BCUT2D eigenvalue weighted by atomic mass is 10.1. The Morgan fingerprint density at radius 2 is 0.484 bits per heavy atom. The maximum absolute atomic E-state index is 14.5. The van der Waals surface area contributed by atoms with Gasteiger partial charge in [-0.2, -0.15) is 12.6 Å². The zero-order chi connectivity index (χ0) is 92.0. The number of likely N-dealkylation sites (tertiary alicyclic amines) is 12. The van der Waals surface area contributed by atoms with Crippen LogP contribution in [0.4, 0.5) is 0 Å². The van der Waals surface area contributed by atoms with E-state index in [1.165, 1.54) is 34.3 Å². The number of amides is 19. The van der Waals surface area contributed by atoms with Crippen LogP contribution in [-0.4, -0.2) is 464 Å². The summed E-state index contributed by atoms with van der Waals surface area (Å²) in [6.07, 6.45) is -3.68. The Balaban J connectivity index is 0.539. The number of rotatable bonds is 28. The number of carboxylic acids is 1. The Hall–Kier alpha value is -10.5. The fraction of sp³-hybridized carbons (Fsp3) is 0.750. The molecule has 15 N–H and O–H groups in total. The van der Waals surface area contributed by atoms with Crippen molar-refractivity contribution in [1.82, 2.24) is 101 Å². The Morgan fingerprint density at radius 1 is 0.273 bits per heavy atom. The van der Waals surface area contributed by atoms with E-state index in [0.717, 1.165) is 30.9 Å². The summed E-state index contributed by atoms with van der Waals surface area (Å²) < 4.78 is 0. The lowest BCUT2D eigenvalue weighted by Crippen LogP contribution is -2.57. The molecule has 13 heterocycles. The minimum absolute atomic E-state index is 0.0256. The number of hydrogen-bond donors (Lipinski definition) is 16. The van der Waals surface area contributed by atoms with Gasteiger partial charge in [0.05, 0.1) is 81.9 Å². The number of nitrogens with zero attached hydrogens (tertiary/aromatic N) is 12. The summed E-state index contributed by atoms with van der Waals surface area (Å²) >= 11 is 3.96. The van der Waals surface area contributed by atoms with Gasteiger partial charge in [-0.25, -0.2) is 4.79 Å². The molecule has 13 rings (SSSR count). The van der Waals surface area contributed by atoms with Crippen LogP contribution in [-0.2, 0) is 95.9 Å². The van der Waals surface area contributed by atoms with E-state index in [0.29, 0.717) is 51.5 Å². The van der Waals surface area contributed by atoms with Crippen LogP contribution in [0.5, 0.6) is 0 Å². The molecular weight excluding hydrogens is 1710 g/mol. The van der Waals surface area contributed by atoms with Crippen molar-refractivity contribution in [2.24, 2.45) is 0 Å². The highest BCUT2D eigenvalue weighted by Gasteiger charge is 2.53. The van der Waals surface area contributed by atoms with Crippen LogP contribution in [0.25, 0.3) is 0 Å². The van der Waals surface area contributed by atoms with Crippen LogP contribution in [0.15, 0.2) is 0 Å². The van der Waals surface area contributed by atoms with Gasteiger partial charge in [-0.1, -0.05) is 0 Å². The molecule has 0 aromatic carbocycles. The molecule has 0 aliphatic carbocycles. The van der Waals surface area contributed by atoms with Crippen LogP contribution in [0.1, 0.15) is 128 Å². The zero-order valence-corrected chi connectivity index (χ0v) is 71.8. The number of aliphatic hydroxyl groups excluding tert-OH is 6. The van der Waals surface area contributed by atoms with Gasteiger partial charge in [0, 0.05) is 123 Å². The predicted molar refractivity (Wildman–Crippen MR) is 438 cm³/mol.